The van der Waals surface area contributed by atoms with Gasteiger partial charge in [-0.2, -0.15) is 0 Å². The highest BCUT2D eigenvalue weighted by molar-refractivity contribution is 5.76. The number of rotatable bonds is 7. The molecule has 0 bridgehead atoms. The zero-order valence-electron chi connectivity index (χ0n) is 15.7. The summed E-state index contributed by atoms with van der Waals surface area (Å²) in [6.07, 6.45) is 2.91. The molecule has 1 aromatic carbocycles. The third-order valence-corrected chi connectivity index (χ3v) is 4.82. The first-order valence-electron chi connectivity index (χ1n) is 9.41. The molecule has 1 aliphatic rings. The van der Waals surface area contributed by atoms with E-state index in [0.717, 1.165) is 38.4 Å². The van der Waals surface area contributed by atoms with Crippen molar-refractivity contribution in [2.24, 2.45) is 0 Å². The van der Waals surface area contributed by atoms with Gasteiger partial charge in [0.05, 0.1) is 12.3 Å². The highest BCUT2D eigenvalue weighted by Crippen LogP contribution is 2.14. The van der Waals surface area contributed by atoms with Crippen LogP contribution >= 0.6 is 0 Å². The number of ether oxygens (including phenoxy) is 1. The SMILES string of the molecule is Cc1cccnc1CN1CCN(C(=O)CCCOc2cccc(F)c2)CC1. The third-order valence-electron chi connectivity index (χ3n) is 4.82. The van der Waals surface area contributed by atoms with Crippen molar-refractivity contribution in [1.29, 1.82) is 0 Å². The average molecular weight is 371 g/mol. The summed E-state index contributed by atoms with van der Waals surface area (Å²) in [5.74, 6) is 0.342. The number of nitrogens with zero attached hydrogens (tertiary/aromatic N) is 3. The normalized spacial score (nSPS) is 15.0. The molecule has 5 nitrogen and oxygen atoms in total. The second-order valence-corrected chi connectivity index (χ2v) is 6.83. The predicted octanol–water partition coefficient (Wildman–Crippen LogP) is 3.03. The van der Waals surface area contributed by atoms with Crippen molar-refractivity contribution in [3.8, 4) is 5.75 Å². The molecule has 0 spiro atoms. The number of piperazine rings is 1. The Balaban J connectivity index is 1.35. The number of pyridine rings is 1. The van der Waals surface area contributed by atoms with Gasteiger partial charge in [0.2, 0.25) is 5.91 Å². The maximum Gasteiger partial charge on any atom is 0.222 e. The second kappa shape index (κ2) is 9.46. The highest BCUT2D eigenvalue weighted by Gasteiger charge is 2.21. The van der Waals surface area contributed by atoms with E-state index in [4.69, 9.17) is 4.74 Å². The lowest BCUT2D eigenvalue weighted by Crippen LogP contribution is -2.48. The van der Waals surface area contributed by atoms with Crippen molar-refractivity contribution in [2.75, 3.05) is 32.8 Å². The van der Waals surface area contributed by atoms with Gasteiger partial charge in [-0.3, -0.25) is 14.7 Å². The molecular weight excluding hydrogens is 345 g/mol. The maximum absolute atomic E-state index is 13.1. The number of amides is 1. The van der Waals surface area contributed by atoms with Crippen LogP contribution in [-0.4, -0.2) is 53.5 Å². The van der Waals surface area contributed by atoms with E-state index in [1.165, 1.54) is 17.7 Å². The van der Waals surface area contributed by atoms with Crippen LogP contribution in [0.15, 0.2) is 42.6 Å². The van der Waals surface area contributed by atoms with E-state index < -0.39 is 0 Å². The second-order valence-electron chi connectivity index (χ2n) is 6.83. The topological polar surface area (TPSA) is 45.7 Å². The van der Waals surface area contributed by atoms with Crippen molar-refractivity contribution < 1.29 is 13.9 Å². The predicted molar refractivity (Wildman–Crippen MR) is 102 cm³/mol. The Morgan fingerprint density at radius 2 is 2.00 bits per heavy atom. The quantitative estimate of drug-likeness (QED) is 0.702. The van der Waals surface area contributed by atoms with Crippen molar-refractivity contribution in [1.82, 2.24) is 14.8 Å². The monoisotopic (exact) mass is 371 g/mol. The van der Waals surface area contributed by atoms with E-state index in [1.807, 2.05) is 17.2 Å². The Morgan fingerprint density at radius 3 is 2.74 bits per heavy atom. The standard InChI is InChI=1S/C21H26FN3O2/c1-17-5-3-9-23-20(17)16-24-10-12-25(13-11-24)21(26)8-4-14-27-19-7-2-6-18(22)15-19/h2-3,5-7,9,15H,4,8,10-14,16H2,1H3. The number of benzene rings is 1. The molecule has 0 saturated carbocycles. The molecule has 2 heterocycles. The van der Waals surface area contributed by atoms with Crippen molar-refractivity contribution in [3.05, 3.63) is 59.7 Å². The zero-order valence-corrected chi connectivity index (χ0v) is 15.7. The fourth-order valence-corrected chi connectivity index (χ4v) is 3.18. The highest BCUT2D eigenvalue weighted by atomic mass is 19.1. The van der Waals surface area contributed by atoms with Gasteiger partial charge in [-0.1, -0.05) is 12.1 Å². The number of hydrogen-bond donors (Lipinski definition) is 0. The van der Waals surface area contributed by atoms with Gasteiger partial charge < -0.3 is 9.64 Å². The van der Waals surface area contributed by atoms with Crippen molar-refractivity contribution in [3.63, 3.8) is 0 Å². The Morgan fingerprint density at radius 1 is 1.19 bits per heavy atom. The van der Waals surface area contributed by atoms with Crippen molar-refractivity contribution >= 4 is 5.91 Å². The van der Waals surface area contributed by atoms with Gasteiger partial charge in [-0.25, -0.2) is 4.39 Å². The van der Waals surface area contributed by atoms with Gasteiger partial charge in [0.25, 0.3) is 0 Å². The van der Waals surface area contributed by atoms with Crippen LogP contribution in [0.3, 0.4) is 0 Å². The zero-order chi connectivity index (χ0) is 19.1. The third kappa shape index (κ3) is 5.76. The van der Waals surface area contributed by atoms with Crippen LogP contribution in [0.25, 0.3) is 0 Å². The number of aromatic nitrogens is 1. The molecular formula is C21H26FN3O2. The van der Waals surface area contributed by atoms with Gasteiger partial charge in [0.1, 0.15) is 11.6 Å². The molecule has 0 aliphatic carbocycles. The molecule has 1 saturated heterocycles. The van der Waals surface area contributed by atoms with Crippen LogP contribution in [0.1, 0.15) is 24.1 Å². The summed E-state index contributed by atoms with van der Waals surface area (Å²) in [5.41, 5.74) is 2.31. The van der Waals surface area contributed by atoms with Gasteiger partial charge >= 0.3 is 0 Å². The minimum absolute atomic E-state index is 0.159. The Hall–Kier alpha value is -2.47. The molecule has 0 unspecified atom stereocenters. The Bertz CT molecular complexity index is 761. The molecule has 1 aliphatic heterocycles. The minimum atomic E-state index is -0.317. The molecule has 1 aromatic heterocycles. The van der Waals surface area contributed by atoms with Gasteiger partial charge in [-0.05, 0) is 37.1 Å². The van der Waals surface area contributed by atoms with E-state index in [2.05, 4.69) is 22.9 Å². The smallest absolute Gasteiger partial charge is 0.222 e. The van der Waals surface area contributed by atoms with Crippen LogP contribution in [0.4, 0.5) is 4.39 Å². The summed E-state index contributed by atoms with van der Waals surface area (Å²) in [4.78, 5) is 21.1. The van der Waals surface area contributed by atoms with Crippen LogP contribution in [0.5, 0.6) is 5.75 Å². The first kappa shape index (κ1) is 19.3. The van der Waals surface area contributed by atoms with Crippen LogP contribution in [0.2, 0.25) is 0 Å². The summed E-state index contributed by atoms with van der Waals surface area (Å²) in [6.45, 7) is 6.53. The number of aryl methyl sites for hydroxylation is 1. The van der Waals surface area contributed by atoms with Crippen LogP contribution in [0, 0.1) is 12.7 Å². The molecule has 2 aromatic rings. The first-order chi connectivity index (χ1) is 13.1. The largest absolute Gasteiger partial charge is 0.493 e. The van der Waals surface area contributed by atoms with Gasteiger partial charge in [0.15, 0.2) is 0 Å². The lowest BCUT2D eigenvalue weighted by molar-refractivity contribution is -0.133. The average Bonchev–Trinajstić information content (AvgIpc) is 2.67. The van der Waals surface area contributed by atoms with Crippen LogP contribution < -0.4 is 4.74 Å². The fraction of sp³-hybridized carbons (Fsp3) is 0.429. The summed E-state index contributed by atoms with van der Waals surface area (Å²) in [7, 11) is 0. The van der Waals surface area contributed by atoms with E-state index >= 15 is 0 Å². The number of carbonyl (C=O) groups excluding carboxylic acids is 1. The van der Waals surface area contributed by atoms with Crippen LogP contribution in [-0.2, 0) is 11.3 Å². The lowest BCUT2D eigenvalue weighted by atomic mass is 10.2. The van der Waals surface area contributed by atoms with E-state index in [1.54, 1.807) is 12.1 Å². The Labute approximate surface area is 159 Å². The van der Waals surface area contributed by atoms with Gasteiger partial charge in [-0.15, -0.1) is 0 Å². The van der Waals surface area contributed by atoms with Crippen molar-refractivity contribution in [2.45, 2.75) is 26.3 Å². The lowest BCUT2D eigenvalue weighted by Gasteiger charge is -2.34. The van der Waals surface area contributed by atoms with E-state index in [-0.39, 0.29) is 11.7 Å². The molecule has 27 heavy (non-hydrogen) atoms. The number of halogens is 1. The van der Waals surface area contributed by atoms with E-state index in [0.29, 0.717) is 25.2 Å². The fourth-order valence-electron chi connectivity index (χ4n) is 3.18. The first-order valence-corrected chi connectivity index (χ1v) is 9.41. The van der Waals surface area contributed by atoms with Gasteiger partial charge in [0, 0.05) is 51.4 Å². The molecule has 1 fully saturated rings. The number of hydrogen-bond acceptors (Lipinski definition) is 4. The molecule has 0 radical (unpaired) electrons. The maximum atomic E-state index is 13.1. The Kier molecular flexibility index (Phi) is 6.76. The molecule has 1 amide bonds. The molecule has 3 rings (SSSR count). The number of carbonyl (C=O) groups is 1. The summed E-state index contributed by atoms with van der Waals surface area (Å²) in [5, 5.41) is 0. The summed E-state index contributed by atoms with van der Waals surface area (Å²) >= 11 is 0. The molecule has 0 atom stereocenters. The molecule has 144 valence electrons. The summed E-state index contributed by atoms with van der Waals surface area (Å²) < 4.78 is 18.6. The minimum Gasteiger partial charge on any atom is -0.493 e. The molecule has 0 N–H and O–H groups in total. The van der Waals surface area contributed by atoms with E-state index in [9.17, 15) is 9.18 Å². The summed E-state index contributed by atoms with van der Waals surface area (Å²) in [6, 6.07) is 10.1. The molecule has 6 heteroatoms.